The van der Waals surface area contributed by atoms with Gasteiger partial charge in [0.05, 0.1) is 21.0 Å². The Balaban J connectivity index is 2.52. The molecule has 0 aliphatic rings. The molecule has 25 heavy (non-hydrogen) atoms. The Morgan fingerprint density at radius 3 is 1.44 bits per heavy atom. The Hall–Kier alpha value is -3.82. The third kappa shape index (κ3) is 3.75. The normalized spacial score (nSPS) is 10.2. The Morgan fingerprint density at radius 1 is 0.800 bits per heavy atom. The molecule has 0 amide bonds. The highest BCUT2D eigenvalue weighted by atomic mass is 16.6. The largest absolute Gasteiger partial charge is 0.478 e. The number of hydrogen-bond donors (Lipinski definition) is 2. The summed E-state index contributed by atoms with van der Waals surface area (Å²) < 4.78 is 0. The second-order valence-electron chi connectivity index (χ2n) is 4.98. The van der Waals surface area contributed by atoms with Crippen LogP contribution in [0.2, 0.25) is 0 Å². The van der Waals surface area contributed by atoms with Gasteiger partial charge in [-0.05, 0) is 17.5 Å². The number of aromatic carboxylic acids is 2. The molecule has 2 rings (SSSR count). The molecule has 0 saturated heterocycles. The van der Waals surface area contributed by atoms with E-state index in [2.05, 4.69) is 0 Å². The first-order chi connectivity index (χ1) is 11.7. The van der Waals surface area contributed by atoms with Gasteiger partial charge < -0.3 is 10.2 Å². The molecule has 2 aromatic rings. The van der Waals surface area contributed by atoms with Crippen LogP contribution in [0.15, 0.2) is 36.4 Å². The molecule has 2 aromatic carbocycles. The third-order valence-corrected chi connectivity index (χ3v) is 3.45. The van der Waals surface area contributed by atoms with Crippen molar-refractivity contribution in [2.24, 2.45) is 0 Å². The van der Waals surface area contributed by atoms with Gasteiger partial charge >= 0.3 is 11.9 Å². The maximum Gasteiger partial charge on any atom is 0.336 e. The van der Waals surface area contributed by atoms with E-state index in [9.17, 15) is 40.0 Å². The van der Waals surface area contributed by atoms with Crippen LogP contribution in [0.3, 0.4) is 0 Å². The van der Waals surface area contributed by atoms with E-state index in [1.54, 1.807) is 0 Å². The number of nitro benzene ring substituents is 2. The van der Waals surface area contributed by atoms with E-state index >= 15 is 0 Å². The molecule has 0 aliphatic heterocycles. The fourth-order valence-corrected chi connectivity index (χ4v) is 2.27. The molecule has 10 heteroatoms. The molecule has 0 fully saturated rings. The van der Waals surface area contributed by atoms with Crippen LogP contribution in [0, 0.1) is 20.2 Å². The predicted molar refractivity (Wildman–Crippen MR) is 82.9 cm³/mol. The minimum absolute atomic E-state index is 0.148. The van der Waals surface area contributed by atoms with Crippen LogP contribution < -0.4 is 0 Å². The summed E-state index contributed by atoms with van der Waals surface area (Å²) in [6.07, 6.45) is -0.167. The van der Waals surface area contributed by atoms with E-state index < -0.39 is 33.2 Å². The highest BCUT2D eigenvalue weighted by Crippen LogP contribution is 2.24. The summed E-state index contributed by atoms with van der Waals surface area (Å²) in [5.41, 5.74) is -1.22. The lowest BCUT2D eigenvalue weighted by Gasteiger charge is -2.09. The van der Waals surface area contributed by atoms with E-state index in [0.717, 1.165) is 24.3 Å². The Labute approximate surface area is 139 Å². The number of nitro groups is 2. The molecule has 0 aromatic heterocycles. The first kappa shape index (κ1) is 17.5. The van der Waals surface area contributed by atoms with Crippen LogP contribution >= 0.6 is 0 Å². The zero-order valence-corrected chi connectivity index (χ0v) is 12.4. The van der Waals surface area contributed by atoms with Crippen LogP contribution in [0.1, 0.15) is 31.8 Å². The third-order valence-electron chi connectivity index (χ3n) is 3.45. The topological polar surface area (TPSA) is 161 Å². The summed E-state index contributed by atoms with van der Waals surface area (Å²) in [5.74, 6) is -2.81. The lowest BCUT2D eigenvalue weighted by atomic mass is 9.95. The number of carboxylic acids is 2. The van der Waals surface area contributed by atoms with Crippen molar-refractivity contribution in [3.05, 3.63) is 78.9 Å². The molecule has 0 aliphatic carbocycles. The van der Waals surface area contributed by atoms with E-state index in [-0.39, 0.29) is 28.7 Å². The summed E-state index contributed by atoms with van der Waals surface area (Å²) in [6.45, 7) is 0. The van der Waals surface area contributed by atoms with Crippen LogP contribution in [0.5, 0.6) is 0 Å². The first-order valence-corrected chi connectivity index (χ1v) is 6.72. The van der Waals surface area contributed by atoms with Gasteiger partial charge in [-0.25, -0.2) is 9.59 Å². The summed E-state index contributed by atoms with van der Waals surface area (Å²) >= 11 is 0. The molecule has 0 saturated carbocycles. The second-order valence-corrected chi connectivity index (χ2v) is 4.98. The monoisotopic (exact) mass is 346 g/mol. The van der Waals surface area contributed by atoms with Crippen molar-refractivity contribution < 1.29 is 29.6 Å². The SMILES string of the molecule is O=C(O)c1cc([N+](=O)[O-])ccc1Cc1ccc([N+](=O)[O-])cc1C(=O)O. The Morgan fingerprint density at radius 2 is 1.16 bits per heavy atom. The molecular formula is C15H10N2O8. The number of hydrogen-bond acceptors (Lipinski definition) is 6. The quantitative estimate of drug-likeness (QED) is 0.595. The van der Waals surface area contributed by atoms with Crippen LogP contribution in [0.25, 0.3) is 0 Å². The molecule has 10 nitrogen and oxygen atoms in total. The van der Waals surface area contributed by atoms with Crippen molar-refractivity contribution in [2.75, 3.05) is 0 Å². The van der Waals surface area contributed by atoms with Crippen molar-refractivity contribution in [1.82, 2.24) is 0 Å². The summed E-state index contributed by atoms with van der Waals surface area (Å²) in [5, 5.41) is 40.0. The average Bonchev–Trinajstić information content (AvgIpc) is 2.54. The van der Waals surface area contributed by atoms with Crippen molar-refractivity contribution in [3.8, 4) is 0 Å². The molecule has 128 valence electrons. The zero-order valence-electron chi connectivity index (χ0n) is 12.4. The van der Waals surface area contributed by atoms with Crippen LogP contribution in [0.4, 0.5) is 11.4 Å². The van der Waals surface area contributed by atoms with Gasteiger partial charge in [0.25, 0.3) is 11.4 Å². The maximum atomic E-state index is 11.3. The maximum absolute atomic E-state index is 11.3. The zero-order chi connectivity index (χ0) is 18.7. The molecule has 0 radical (unpaired) electrons. The highest BCUT2D eigenvalue weighted by molar-refractivity contribution is 5.92. The van der Waals surface area contributed by atoms with Gasteiger partial charge in [-0.15, -0.1) is 0 Å². The summed E-state index contributed by atoms with van der Waals surface area (Å²) in [7, 11) is 0. The van der Waals surface area contributed by atoms with Crippen molar-refractivity contribution in [2.45, 2.75) is 6.42 Å². The van der Waals surface area contributed by atoms with Crippen molar-refractivity contribution >= 4 is 23.3 Å². The summed E-state index contributed by atoms with van der Waals surface area (Å²) in [4.78, 5) is 42.7. The molecule has 0 unspecified atom stereocenters. The number of non-ortho nitro benzene ring substituents is 2. The minimum Gasteiger partial charge on any atom is -0.478 e. The van der Waals surface area contributed by atoms with Gasteiger partial charge in [-0.1, -0.05) is 12.1 Å². The second kappa shape index (κ2) is 6.74. The van der Waals surface area contributed by atoms with Crippen LogP contribution in [-0.4, -0.2) is 32.0 Å². The molecule has 2 N–H and O–H groups in total. The fraction of sp³-hybridized carbons (Fsp3) is 0.0667. The molecule has 0 spiro atoms. The molecule has 0 heterocycles. The number of nitrogens with zero attached hydrogens (tertiary/aromatic N) is 2. The number of benzene rings is 2. The van der Waals surface area contributed by atoms with E-state index in [1.807, 2.05) is 0 Å². The molecular weight excluding hydrogens is 336 g/mol. The van der Waals surface area contributed by atoms with Crippen molar-refractivity contribution in [1.29, 1.82) is 0 Å². The number of carbonyl (C=O) groups is 2. The van der Waals surface area contributed by atoms with Crippen molar-refractivity contribution in [3.63, 3.8) is 0 Å². The highest BCUT2D eigenvalue weighted by Gasteiger charge is 2.20. The van der Waals surface area contributed by atoms with E-state index in [1.165, 1.54) is 12.1 Å². The van der Waals surface area contributed by atoms with Crippen LogP contribution in [-0.2, 0) is 6.42 Å². The minimum atomic E-state index is -1.41. The standard InChI is InChI=1S/C15H10N2O8/c18-14(19)12-6-10(16(22)23)3-1-8(12)5-9-2-4-11(17(24)25)7-13(9)15(20)21/h1-4,6-7H,5H2,(H,18,19)(H,20,21). The lowest BCUT2D eigenvalue weighted by molar-refractivity contribution is -0.385. The first-order valence-electron chi connectivity index (χ1n) is 6.72. The summed E-state index contributed by atoms with van der Waals surface area (Å²) in [6, 6.07) is 6.40. The Kier molecular flexibility index (Phi) is 4.73. The molecule has 0 bridgehead atoms. The fourth-order valence-electron chi connectivity index (χ4n) is 2.27. The Bertz CT molecular complexity index is 833. The average molecular weight is 346 g/mol. The predicted octanol–water partition coefficient (Wildman–Crippen LogP) is 2.49. The van der Waals surface area contributed by atoms with E-state index in [4.69, 9.17) is 0 Å². The smallest absolute Gasteiger partial charge is 0.336 e. The number of carboxylic acid groups (broad SMARTS) is 2. The number of rotatable bonds is 6. The van der Waals surface area contributed by atoms with Gasteiger partial charge in [-0.2, -0.15) is 0 Å². The van der Waals surface area contributed by atoms with Gasteiger partial charge in [0.15, 0.2) is 0 Å². The van der Waals surface area contributed by atoms with Gasteiger partial charge in [0.2, 0.25) is 0 Å². The van der Waals surface area contributed by atoms with E-state index in [0.29, 0.717) is 0 Å². The van der Waals surface area contributed by atoms with Gasteiger partial charge in [0.1, 0.15) is 0 Å². The molecule has 0 atom stereocenters. The van der Waals surface area contributed by atoms with Gasteiger partial charge in [-0.3, -0.25) is 20.2 Å². The van der Waals surface area contributed by atoms with Gasteiger partial charge in [0, 0.05) is 24.3 Å². The lowest BCUT2D eigenvalue weighted by Crippen LogP contribution is -2.08.